The van der Waals surface area contributed by atoms with Crippen molar-refractivity contribution in [3.63, 3.8) is 0 Å². The van der Waals surface area contributed by atoms with Crippen LogP contribution in [0.5, 0.6) is 5.75 Å². The van der Waals surface area contributed by atoms with E-state index in [1.165, 1.54) is 18.5 Å². The number of anilines is 3. The number of para-hydroxylation sites is 2. The molecule has 1 aliphatic heterocycles. The van der Waals surface area contributed by atoms with E-state index in [0.717, 1.165) is 30.2 Å². The molecule has 1 heterocycles. The summed E-state index contributed by atoms with van der Waals surface area (Å²) in [5.74, 6) is 0.670. The molecule has 0 spiro atoms. The van der Waals surface area contributed by atoms with Gasteiger partial charge < -0.3 is 20.3 Å². The second-order valence-corrected chi connectivity index (χ2v) is 6.81. The van der Waals surface area contributed by atoms with Crippen molar-refractivity contribution >= 4 is 23.0 Å². The second kappa shape index (κ2) is 8.61. The summed E-state index contributed by atoms with van der Waals surface area (Å²) in [6, 6.07) is 15.7. The number of carbonyl (C=O) groups excluding carboxylic acids is 1. The lowest BCUT2D eigenvalue weighted by Crippen LogP contribution is -2.22. The standard InChI is InChI=1S/C21H27N3O2/c1-16(2)26-20-8-4-3-7-19(20)22-15-21(25)23-17-9-11-18(12-10-17)24-13-5-6-14-24/h3-4,7-12,16,22H,5-6,13-15H2,1-2H3,(H,23,25). The third-order valence-electron chi connectivity index (χ3n) is 4.31. The first-order chi connectivity index (χ1) is 12.6. The maximum absolute atomic E-state index is 12.2. The van der Waals surface area contributed by atoms with Gasteiger partial charge in [0.15, 0.2) is 0 Å². The fourth-order valence-corrected chi connectivity index (χ4v) is 3.08. The van der Waals surface area contributed by atoms with Gasteiger partial charge in [0.2, 0.25) is 5.91 Å². The van der Waals surface area contributed by atoms with E-state index in [2.05, 4.69) is 27.7 Å². The van der Waals surface area contributed by atoms with Gasteiger partial charge >= 0.3 is 0 Å². The minimum Gasteiger partial charge on any atom is -0.489 e. The van der Waals surface area contributed by atoms with Gasteiger partial charge in [-0.15, -0.1) is 0 Å². The zero-order valence-corrected chi connectivity index (χ0v) is 15.5. The molecule has 0 atom stereocenters. The fraction of sp³-hybridized carbons (Fsp3) is 0.381. The number of nitrogens with zero attached hydrogens (tertiary/aromatic N) is 1. The summed E-state index contributed by atoms with van der Waals surface area (Å²) >= 11 is 0. The SMILES string of the molecule is CC(C)Oc1ccccc1NCC(=O)Nc1ccc(N2CCCC2)cc1. The molecule has 3 rings (SSSR count). The predicted octanol–water partition coefficient (Wildman–Crippen LogP) is 4.12. The summed E-state index contributed by atoms with van der Waals surface area (Å²) < 4.78 is 5.76. The first kappa shape index (κ1) is 18.1. The molecule has 1 saturated heterocycles. The van der Waals surface area contributed by atoms with Crippen molar-refractivity contribution in [2.75, 3.05) is 35.2 Å². The lowest BCUT2D eigenvalue weighted by Gasteiger charge is -2.18. The molecule has 0 aromatic heterocycles. The van der Waals surface area contributed by atoms with E-state index in [4.69, 9.17) is 4.74 Å². The second-order valence-electron chi connectivity index (χ2n) is 6.81. The predicted molar refractivity (Wildman–Crippen MR) is 107 cm³/mol. The summed E-state index contributed by atoms with van der Waals surface area (Å²) in [5.41, 5.74) is 2.85. The molecular weight excluding hydrogens is 326 g/mol. The normalized spacial score (nSPS) is 13.7. The topological polar surface area (TPSA) is 53.6 Å². The van der Waals surface area contributed by atoms with Gasteiger partial charge in [0, 0.05) is 24.5 Å². The Hall–Kier alpha value is -2.69. The summed E-state index contributed by atoms with van der Waals surface area (Å²) in [7, 11) is 0. The zero-order valence-electron chi connectivity index (χ0n) is 15.5. The van der Waals surface area contributed by atoms with Crippen LogP contribution in [-0.4, -0.2) is 31.6 Å². The fourth-order valence-electron chi connectivity index (χ4n) is 3.08. The molecule has 2 N–H and O–H groups in total. The van der Waals surface area contributed by atoms with Gasteiger partial charge in [0.05, 0.1) is 18.3 Å². The van der Waals surface area contributed by atoms with Crippen LogP contribution in [0.25, 0.3) is 0 Å². The Morgan fingerprint density at radius 3 is 2.46 bits per heavy atom. The summed E-state index contributed by atoms with van der Waals surface area (Å²) in [6.45, 7) is 6.39. The zero-order chi connectivity index (χ0) is 18.4. The number of amides is 1. The highest BCUT2D eigenvalue weighted by atomic mass is 16.5. The number of hydrogen-bond acceptors (Lipinski definition) is 4. The first-order valence-corrected chi connectivity index (χ1v) is 9.26. The van der Waals surface area contributed by atoms with E-state index in [-0.39, 0.29) is 18.6 Å². The number of hydrogen-bond donors (Lipinski definition) is 2. The van der Waals surface area contributed by atoms with Gasteiger partial charge in [-0.05, 0) is 63.1 Å². The monoisotopic (exact) mass is 353 g/mol. The van der Waals surface area contributed by atoms with Crippen molar-refractivity contribution in [3.05, 3.63) is 48.5 Å². The minimum atomic E-state index is -0.0849. The van der Waals surface area contributed by atoms with E-state index in [9.17, 15) is 4.79 Å². The highest BCUT2D eigenvalue weighted by Crippen LogP contribution is 2.25. The number of rotatable bonds is 7. The van der Waals surface area contributed by atoms with E-state index >= 15 is 0 Å². The van der Waals surface area contributed by atoms with E-state index in [0.29, 0.717) is 0 Å². The molecule has 2 aromatic carbocycles. The molecule has 26 heavy (non-hydrogen) atoms. The van der Waals surface area contributed by atoms with Crippen molar-refractivity contribution < 1.29 is 9.53 Å². The Balaban J connectivity index is 1.53. The molecule has 0 unspecified atom stereocenters. The van der Waals surface area contributed by atoms with Crippen LogP contribution < -0.4 is 20.3 Å². The quantitative estimate of drug-likeness (QED) is 0.786. The first-order valence-electron chi connectivity index (χ1n) is 9.26. The summed E-state index contributed by atoms with van der Waals surface area (Å²) in [4.78, 5) is 14.6. The third-order valence-corrected chi connectivity index (χ3v) is 4.31. The molecule has 2 aromatic rings. The van der Waals surface area contributed by atoms with Crippen LogP contribution >= 0.6 is 0 Å². The van der Waals surface area contributed by atoms with Crippen LogP contribution in [0.1, 0.15) is 26.7 Å². The molecule has 138 valence electrons. The van der Waals surface area contributed by atoms with Crippen LogP contribution in [-0.2, 0) is 4.79 Å². The molecule has 0 saturated carbocycles. The van der Waals surface area contributed by atoms with Crippen molar-refractivity contribution in [2.45, 2.75) is 32.8 Å². The molecule has 0 bridgehead atoms. The van der Waals surface area contributed by atoms with Crippen LogP contribution in [0.15, 0.2) is 48.5 Å². The summed E-state index contributed by atoms with van der Waals surface area (Å²) in [6.07, 6.45) is 2.60. The average molecular weight is 353 g/mol. The molecule has 5 nitrogen and oxygen atoms in total. The highest BCUT2D eigenvalue weighted by molar-refractivity contribution is 5.94. The van der Waals surface area contributed by atoms with Gasteiger partial charge in [0.1, 0.15) is 5.75 Å². The summed E-state index contributed by atoms with van der Waals surface area (Å²) in [5, 5.41) is 6.08. The van der Waals surface area contributed by atoms with Crippen LogP contribution in [0.3, 0.4) is 0 Å². The van der Waals surface area contributed by atoms with Gasteiger partial charge in [-0.3, -0.25) is 4.79 Å². The lowest BCUT2D eigenvalue weighted by atomic mass is 10.2. The van der Waals surface area contributed by atoms with Gasteiger partial charge in [-0.1, -0.05) is 12.1 Å². The Morgan fingerprint density at radius 1 is 1.08 bits per heavy atom. The average Bonchev–Trinajstić information content (AvgIpc) is 3.16. The van der Waals surface area contributed by atoms with E-state index < -0.39 is 0 Å². The number of benzene rings is 2. The van der Waals surface area contributed by atoms with Gasteiger partial charge in [0.25, 0.3) is 0 Å². The molecule has 1 aliphatic rings. The highest BCUT2D eigenvalue weighted by Gasteiger charge is 2.12. The molecule has 0 aliphatic carbocycles. The minimum absolute atomic E-state index is 0.0842. The molecule has 0 radical (unpaired) electrons. The van der Waals surface area contributed by atoms with Crippen molar-refractivity contribution in [1.29, 1.82) is 0 Å². The number of nitrogens with one attached hydrogen (secondary N) is 2. The maximum atomic E-state index is 12.2. The molecule has 1 amide bonds. The van der Waals surface area contributed by atoms with Gasteiger partial charge in [-0.25, -0.2) is 0 Å². The van der Waals surface area contributed by atoms with Crippen LogP contribution in [0, 0.1) is 0 Å². The maximum Gasteiger partial charge on any atom is 0.243 e. The van der Waals surface area contributed by atoms with Gasteiger partial charge in [-0.2, -0.15) is 0 Å². The number of ether oxygens (including phenoxy) is 1. The van der Waals surface area contributed by atoms with Crippen molar-refractivity contribution in [3.8, 4) is 5.75 Å². The Morgan fingerprint density at radius 2 is 1.77 bits per heavy atom. The largest absolute Gasteiger partial charge is 0.489 e. The van der Waals surface area contributed by atoms with Crippen LogP contribution in [0.4, 0.5) is 17.1 Å². The van der Waals surface area contributed by atoms with E-state index in [1.807, 2.05) is 50.2 Å². The van der Waals surface area contributed by atoms with Crippen molar-refractivity contribution in [1.82, 2.24) is 0 Å². The Labute approximate surface area is 155 Å². The van der Waals surface area contributed by atoms with E-state index in [1.54, 1.807) is 0 Å². The Bertz CT molecular complexity index is 722. The molecule has 5 heteroatoms. The molecule has 1 fully saturated rings. The Kier molecular flexibility index (Phi) is 6.00. The molecular formula is C21H27N3O2. The third kappa shape index (κ3) is 4.91. The lowest BCUT2D eigenvalue weighted by molar-refractivity contribution is -0.114. The van der Waals surface area contributed by atoms with Crippen molar-refractivity contribution in [2.24, 2.45) is 0 Å². The van der Waals surface area contributed by atoms with Crippen LogP contribution in [0.2, 0.25) is 0 Å². The number of carbonyl (C=O) groups is 1. The smallest absolute Gasteiger partial charge is 0.243 e.